The molecule has 1 unspecified atom stereocenters. The highest BCUT2D eigenvalue weighted by Gasteiger charge is 2.54. The van der Waals surface area contributed by atoms with Gasteiger partial charge in [0.05, 0.1) is 11.3 Å². The second-order valence-electron chi connectivity index (χ2n) is 13.6. The van der Waals surface area contributed by atoms with Crippen molar-refractivity contribution in [2.75, 3.05) is 20.1 Å². The summed E-state index contributed by atoms with van der Waals surface area (Å²) in [5.41, 5.74) is -1.93. The number of rotatable bonds is 10. The summed E-state index contributed by atoms with van der Waals surface area (Å²) in [4.78, 5) is 67.0. The third kappa shape index (κ3) is 8.13. The van der Waals surface area contributed by atoms with Crippen LogP contribution < -0.4 is 10.6 Å². The standard InChI is InChI=1S/C34H42FN5O7/c1-32(2,3)47-31(46)37-33(4,5)29(44)36-25(15-13-22-18-23(28(42)43)12-14-24(22)35)27(41)40-17-16-26-34(20-40,30(45)39(6)38-26)19-21-10-8-7-9-11-21/h7-12,14,18,25H,13,15-17,19-20H2,1-6H3,(H,36,44)(H,37,46)(H,42,43)/t25?,34-/m1/s1. The molecule has 2 aromatic carbocycles. The molecule has 0 spiro atoms. The second-order valence-corrected chi connectivity index (χ2v) is 13.6. The highest BCUT2D eigenvalue weighted by Crippen LogP contribution is 2.38. The van der Waals surface area contributed by atoms with Crippen molar-refractivity contribution in [1.82, 2.24) is 20.5 Å². The molecule has 252 valence electrons. The van der Waals surface area contributed by atoms with Gasteiger partial charge in [0.25, 0.3) is 5.91 Å². The first-order valence-electron chi connectivity index (χ1n) is 15.4. The van der Waals surface area contributed by atoms with Crippen LogP contribution in [0, 0.1) is 11.2 Å². The van der Waals surface area contributed by atoms with Gasteiger partial charge in [-0.3, -0.25) is 14.4 Å². The number of carboxylic acid groups (broad SMARTS) is 1. The Kier molecular flexibility index (Phi) is 10.1. The Hall–Kier alpha value is -4.81. The maximum absolute atomic E-state index is 14.8. The molecule has 0 radical (unpaired) electrons. The third-order valence-electron chi connectivity index (χ3n) is 8.25. The molecule has 2 aliphatic rings. The van der Waals surface area contributed by atoms with Crippen LogP contribution in [0.4, 0.5) is 9.18 Å². The van der Waals surface area contributed by atoms with Crippen LogP contribution in [0.2, 0.25) is 0 Å². The predicted molar refractivity (Wildman–Crippen MR) is 171 cm³/mol. The van der Waals surface area contributed by atoms with Gasteiger partial charge in [-0.1, -0.05) is 30.3 Å². The summed E-state index contributed by atoms with van der Waals surface area (Å²) >= 11 is 0. The van der Waals surface area contributed by atoms with E-state index in [1.54, 1.807) is 27.8 Å². The number of likely N-dealkylation sites (tertiary alicyclic amines) is 1. The van der Waals surface area contributed by atoms with E-state index in [2.05, 4.69) is 15.7 Å². The molecule has 0 aliphatic carbocycles. The number of aryl methyl sites for hydroxylation is 1. The lowest BCUT2D eigenvalue weighted by molar-refractivity contribution is -0.142. The number of fused-ring (bicyclic) bond motifs is 1. The number of benzene rings is 2. The van der Waals surface area contributed by atoms with E-state index in [9.17, 15) is 33.5 Å². The Morgan fingerprint density at radius 2 is 1.77 bits per heavy atom. The van der Waals surface area contributed by atoms with Gasteiger partial charge in [0.2, 0.25) is 11.8 Å². The quantitative estimate of drug-likeness (QED) is 0.355. The van der Waals surface area contributed by atoms with E-state index in [-0.39, 0.29) is 43.0 Å². The van der Waals surface area contributed by atoms with Gasteiger partial charge < -0.3 is 25.4 Å². The molecule has 4 amide bonds. The number of hydrazone groups is 1. The molecule has 12 nitrogen and oxygen atoms in total. The highest BCUT2D eigenvalue weighted by atomic mass is 19.1. The predicted octanol–water partition coefficient (Wildman–Crippen LogP) is 3.53. The van der Waals surface area contributed by atoms with Gasteiger partial charge in [0, 0.05) is 26.6 Å². The number of carboxylic acids is 1. The Balaban J connectivity index is 1.62. The molecule has 1 saturated heterocycles. The molecule has 0 aromatic heterocycles. The van der Waals surface area contributed by atoms with Crippen molar-refractivity contribution in [3.8, 4) is 0 Å². The molecule has 2 aliphatic heterocycles. The smallest absolute Gasteiger partial charge is 0.408 e. The Bertz CT molecular complexity index is 1590. The van der Waals surface area contributed by atoms with Gasteiger partial charge >= 0.3 is 12.1 Å². The number of carbonyl (C=O) groups is 5. The first-order valence-corrected chi connectivity index (χ1v) is 15.4. The molecule has 4 rings (SSSR count). The van der Waals surface area contributed by atoms with E-state index in [1.165, 1.54) is 29.8 Å². The molecule has 2 aromatic rings. The minimum absolute atomic E-state index is 0.0114. The molecule has 47 heavy (non-hydrogen) atoms. The number of piperidine rings is 1. The summed E-state index contributed by atoms with van der Waals surface area (Å²) in [5.74, 6) is -3.33. The number of hydrogen-bond donors (Lipinski definition) is 3. The SMILES string of the molecule is CN1N=C2CCN(C(=O)C(CCc3cc(C(=O)O)ccc3F)NC(=O)C(C)(C)NC(=O)OC(C)(C)C)C[C@@]2(Cc2ccccc2)C1=O. The van der Waals surface area contributed by atoms with E-state index >= 15 is 0 Å². The minimum Gasteiger partial charge on any atom is -0.478 e. The van der Waals surface area contributed by atoms with E-state index in [4.69, 9.17) is 4.74 Å². The van der Waals surface area contributed by atoms with Crippen molar-refractivity contribution >= 4 is 35.5 Å². The summed E-state index contributed by atoms with van der Waals surface area (Å²) in [6.45, 7) is 8.18. The van der Waals surface area contributed by atoms with E-state index < -0.39 is 52.3 Å². The van der Waals surface area contributed by atoms with Crippen molar-refractivity contribution < 1.29 is 38.2 Å². The summed E-state index contributed by atoms with van der Waals surface area (Å²) in [6, 6.07) is 11.6. The fraction of sp³-hybridized carbons (Fsp3) is 0.471. The van der Waals surface area contributed by atoms with Crippen molar-refractivity contribution in [2.45, 2.75) is 77.5 Å². The average molecular weight is 652 g/mol. The summed E-state index contributed by atoms with van der Waals surface area (Å²) in [5, 5.41) is 20.4. The number of halogens is 1. The Morgan fingerprint density at radius 3 is 2.40 bits per heavy atom. The van der Waals surface area contributed by atoms with Gasteiger partial charge in [0.1, 0.15) is 28.4 Å². The molecule has 2 atom stereocenters. The van der Waals surface area contributed by atoms with E-state index in [0.717, 1.165) is 17.7 Å². The molecular formula is C34H42FN5O7. The number of amides is 4. The van der Waals surface area contributed by atoms with E-state index in [1.807, 2.05) is 30.3 Å². The maximum atomic E-state index is 14.8. The molecular weight excluding hydrogens is 609 g/mol. The van der Waals surface area contributed by atoms with Crippen LogP contribution in [0.3, 0.4) is 0 Å². The van der Waals surface area contributed by atoms with Gasteiger partial charge in [-0.05, 0) is 83.2 Å². The number of nitrogens with zero attached hydrogens (tertiary/aromatic N) is 3. The first-order chi connectivity index (χ1) is 21.9. The van der Waals surface area contributed by atoms with Crippen LogP contribution in [0.15, 0.2) is 53.6 Å². The largest absolute Gasteiger partial charge is 0.478 e. The number of hydrogen-bond acceptors (Lipinski definition) is 7. The van der Waals surface area contributed by atoms with Gasteiger partial charge in [0.15, 0.2) is 0 Å². The lowest BCUT2D eigenvalue weighted by Crippen LogP contribution is -2.62. The zero-order valence-electron chi connectivity index (χ0n) is 27.6. The molecule has 3 N–H and O–H groups in total. The van der Waals surface area contributed by atoms with Crippen LogP contribution >= 0.6 is 0 Å². The van der Waals surface area contributed by atoms with Crippen LogP contribution in [0.25, 0.3) is 0 Å². The number of carbonyl (C=O) groups excluding carboxylic acids is 4. The number of ether oxygens (including phenoxy) is 1. The third-order valence-corrected chi connectivity index (χ3v) is 8.25. The van der Waals surface area contributed by atoms with Crippen molar-refractivity contribution in [3.63, 3.8) is 0 Å². The maximum Gasteiger partial charge on any atom is 0.408 e. The average Bonchev–Trinajstić information content (AvgIpc) is 3.22. The zero-order chi connectivity index (χ0) is 34.7. The highest BCUT2D eigenvalue weighted by molar-refractivity contribution is 6.13. The number of aromatic carboxylic acids is 1. The lowest BCUT2D eigenvalue weighted by atomic mass is 9.73. The van der Waals surface area contributed by atoms with Crippen LogP contribution in [-0.2, 0) is 32.0 Å². The fourth-order valence-electron chi connectivity index (χ4n) is 5.85. The minimum atomic E-state index is -1.52. The van der Waals surface area contributed by atoms with Crippen LogP contribution in [0.1, 0.15) is 68.9 Å². The molecule has 1 fully saturated rings. The van der Waals surface area contributed by atoms with Gasteiger partial charge in [-0.15, -0.1) is 0 Å². The van der Waals surface area contributed by atoms with Crippen molar-refractivity contribution in [2.24, 2.45) is 10.5 Å². The molecule has 0 saturated carbocycles. The van der Waals surface area contributed by atoms with Gasteiger partial charge in [-0.2, -0.15) is 5.10 Å². The lowest BCUT2D eigenvalue weighted by Gasteiger charge is -2.41. The molecule has 13 heteroatoms. The summed E-state index contributed by atoms with van der Waals surface area (Å²) < 4.78 is 20.1. The summed E-state index contributed by atoms with van der Waals surface area (Å²) in [6.07, 6.45) is -0.361. The second kappa shape index (κ2) is 13.5. The summed E-state index contributed by atoms with van der Waals surface area (Å²) in [7, 11) is 1.58. The first kappa shape index (κ1) is 35.1. The van der Waals surface area contributed by atoms with Crippen molar-refractivity contribution in [1.29, 1.82) is 0 Å². The van der Waals surface area contributed by atoms with Crippen LogP contribution in [-0.4, -0.2) is 87.8 Å². The Labute approximate surface area is 273 Å². The number of alkyl carbamates (subject to hydrolysis) is 1. The monoisotopic (exact) mass is 651 g/mol. The van der Waals surface area contributed by atoms with E-state index in [0.29, 0.717) is 18.6 Å². The topological polar surface area (TPSA) is 158 Å². The van der Waals surface area contributed by atoms with Crippen molar-refractivity contribution in [3.05, 3.63) is 71.0 Å². The molecule has 2 heterocycles. The fourth-order valence-corrected chi connectivity index (χ4v) is 5.85. The molecule has 0 bridgehead atoms. The normalized spacial score (nSPS) is 18.6. The van der Waals surface area contributed by atoms with Crippen LogP contribution in [0.5, 0.6) is 0 Å². The van der Waals surface area contributed by atoms with Gasteiger partial charge in [-0.25, -0.2) is 19.0 Å². The number of nitrogens with one attached hydrogen (secondary N) is 2. The zero-order valence-corrected chi connectivity index (χ0v) is 27.6. The Morgan fingerprint density at radius 1 is 1.09 bits per heavy atom.